The van der Waals surface area contributed by atoms with Gasteiger partial charge in [0.25, 0.3) is 0 Å². The molecule has 6 rings (SSSR count). The topological polar surface area (TPSA) is 106 Å². The number of nitrogens with zero attached hydrogens (tertiary/aromatic N) is 3. The van der Waals surface area contributed by atoms with Crippen molar-refractivity contribution in [2.75, 3.05) is 5.32 Å². The number of hydrogen-bond donors (Lipinski definition) is 2. The fraction of sp³-hybridized carbons (Fsp3) is 0.161. The molecule has 2 N–H and O–H groups in total. The van der Waals surface area contributed by atoms with Crippen LogP contribution in [0.4, 0.5) is 10.6 Å². The maximum Gasteiger partial charge on any atom is 0.413 e. The first-order valence-corrected chi connectivity index (χ1v) is 12.8. The van der Waals surface area contributed by atoms with Crippen molar-refractivity contribution < 1.29 is 19.4 Å². The number of aliphatic carboxylic acids is 1. The molecule has 0 unspecified atom stereocenters. The number of fused-ring (bicyclic) bond motifs is 1. The number of aromatic nitrogens is 3. The molecule has 194 valence electrons. The largest absolute Gasteiger partial charge is 0.481 e. The second-order valence-corrected chi connectivity index (χ2v) is 9.73. The summed E-state index contributed by atoms with van der Waals surface area (Å²) in [6, 6.07) is 28.7. The Morgan fingerprint density at radius 3 is 2.18 bits per heavy atom. The van der Waals surface area contributed by atoms with Gasteiger partial charge in [-0.15, -0.1) is 0 Å². The highest BCUT2D eigenvalue weighted by molar-refractivity contribution is 5.90. The molecule has 0 spiro atoms. The molecular formula is C31H26N4O4. The van der Waals surface area contributed by atoms with Gasteiger partial charge in [-0.3, -0.25) is 10.1 Å². The van der Waals surface area contributed by atoms with Gasteiger partial charge in [0, 0.05) is 11.8 Å². The van der Waals surface area contributed by atoms with Crippen LogP contribution in [0.3, 0.4) is 0 Å². The number of hydrogen-bond acceptors (Lipinski definition) is 5. The Morgan fingerprint density at radius 1 is 0.897 bits per heavy atom. The Bertz CT molecular complexity index is 1660. The molecule has 3 aromatic carbocycles. The van der Waals surface area contributed by atoms with Crippen LogP contribution in [0.5, 0.6) is 0 Å². The van der Waals surface area contributed by atoms with E-state index in [1.807, 2.05) is 91.9 Å². The lowest BCUT2D eigenvalue weighted by atomic mass is 9.93. The lowest BCUT2D eigenvalue weighted by molar-refractivity contribution is -0.140. The predicted octanol–water partition coefficient (Wildman–Crippen LogP) is 6.49. The Hall–Kier alpha value is -4.98. The molecule has 1 aliphatic carbocycles. The molecule has 1 amide bonds. The van der Waals surface area contributed by atoms with Gasteiger partial charge >= 0.3 is 12.1 Å². The number of benzene rings is 3. The second-order valence-electron chi connectivity index (χ2n) is 9.73. The van der Waals surface area contributed by atoms with Crippen LogP contribution in [-0.2, 0) is 14.9 Å². The van der Waals surface area contributed by atoms with E-state index in [0.717, 1.165) is 27.8 Å². The lowest BCUT2D eigenvalue weighted by Gasteiger charge is -2.14. The van der Waals surface area contributed by atoms with E-state index in [9.17, 15) is 14.7 Å². The van der Waals surface area contributed by atoms with Gasteiger partial charge in [-0.2, -0.15) is 9.61 Å². The number of imidazole rings is 1. The number of rotatable bonds is 7. The summed E-state index contributed by atoms with van der Waals surface area (Å²) in [6.45, 7) is 1.82. The van der Waals surface area contributed by atoms with Crippen LogP contribution in [0.25, 0.3) is 28.0 Å². The van der Waals surface area contributed by atoms with E-state index in [2.05, 4.69) is 10.4 Å². The molecule has 2 heterocycles. The third kappa shape index (κ3) is 4.61. The minimum atomic E-state index is -0.760. The smallest absolute Gasteiger partial charge is 0.413 e. The summed E-state index contributed by atoms with van der Waals surface area (Å²) >= 11 is 0. The first kappa shape index (κ1) is 24.4. The first-order chi connectivity index (χ1) is 18.9. The van der Waals surface area contributed by atoms with E-state index in [-0.39, 0.29) is 0 Å². The highest BCUT2D eigenvalue weighted by Gasteiger charge is 2.51. The van der Waals surface area contributed by atoms with Gasteiger partial charge in [-0.25, -0.2) is 9.78 Å². The third-order valence-corrected chi connectivity index (χ3v) is 7.25. The van der Waals surface area contributed by atoms with Crippen LogP contribution in [0.1, 0.15) is 37.0 Å². The van der Waals surface area contributed by atoms with Crippen molar-refractivity contribution in [2.45, 2.75) is 31.3 Å². The summed E-state index contributed by atoms with van der Waals surface area (Å²) in [5.74, 6) is -0.347. The summed E-state index contributed by atoms with van der Waals surface area (Å²) in [7, 11) is 0. The number of carboxylic acid groups (broad SMARTS) is 1. The normalized spacial score (nSPS) is 14.5. The fourth-order valence-electron chi connectivity index (χ4n) is 4.83. The zero-order valence-corrected chi connectivity index (χ0v) is 21.2. The van der Waals surface area contributed by atoms with E-state index in [1.165, 1.54) is 0 Å². The highest BCUT2D eigenvalue weighted by atomic mass is 16.6. The predicted molar refractivity (Wildman–Crippen MR) is 147 cm³/mol. The molecule has 1 saturated carbocycles. The number of carbonyl (C=O) groups is 2. The van der Waals surface area contributed by atoms with Gasteiger partial charge in [0.15, 0.2) is 11.5 Å². The summed E-state index contributed by atoms with van der Waals surface area (Å²) in [5.41, 5.74) is 4.94. The van der Waals surface area contributed by atoms with Gasteiger partial charge in [-0.05, 0) is 54.2 Å². The molecule has 5 aromatic rings. The van der Waals surface area contributed by atoms with Crippen molar-refractivity contribution in [1.82, 2.24) is 14.6 Å². The quantitative estimate of drug-likeness (QED) is 0.255. The standard InChI is InChI=1S/C31H26N4O4/c1-20(21-6-3-2-4-7-21)39-30(38)34-28-27(33-26-8-5-19-32-35(26)28)24-11-9-22(10-12-24)23-13-15-25(16-14-23)31(17-18-31)29(36)37/h2-16,19-20H,17-18H2,1H3,(H,34,38)(H,36,37)/t20-/m1/s1. The van der Waals surface area contributed by atoms with Crippen LogP contribution >= 0.6 is 0 Å². The van der Waals surface area contributed by atoms with Gasteiger partial charge < -0.3 is 9.84 Å². The molecule has 0 bridgehead atoms. The Morgan fingerprint density at radius 2 is 1.54 bits per heavy atom. The molecule has 2 aromatic heterocycles. The summed E-state index contributed by atoms with van der Waals surface area (Å²) in [6.07, 6.45) is 1.95. The van der Waals surface area contributed by atoms with Crippen molar-refractivity contribution in [3.05, 3.63) is 108 Å². The van der Waals surface area contributed by atoms with Crippen LogP contribution < -0.4 is 5.32 Å². The average molecular weight is 519 g/mol. The van der Waals surface area contributed by atoms with Crippen molar-refractivity contribution in [3.8, 4) is 22.4 Å². The van der Waals surface area contributed by atoms with E-state index >= 15 is 0 Å². The summed E-state index contributed by atoms with van der Waals surface area (Å²) < 4.78 is 7.20. The summed E-state index contributed by atoms with van der Waals surface area (Å²) in [4.78, 5) is 29.2. The number of ether oxygens (including phenoxy) is 1. The van der Waals surface area contributed by atoms with Crippen molar-refractivity contribution in [3.63, 3.8) is 0 Å². The zero-order valence-electron chi connectivity index (χ0n) is 21.2. The van der Waals surface area contributed by atoms with Crippen LogP contribution in [0.2, 0.25) is 0 Å². The number of amides is 1. The molecular weight excluding hydrogens is 492 g/mol. The van der Waals surface area contributed by atoms with Gasteiger partial charge in [-0.1, -0.05) is 78.9 Å². The maximum atomic E-state index is 12.9. The molecule has 0 radical (unpaired) electrons. The Kier molecular flexibility index (Phi) is 6.07. The lowest BCUT2D eigenvalue weighted by Crippen LogP contribution is -2.19. The average Bonchev–Trinajstić information content (AvgIpc) is 3.71. The van der Waals surface area contributed by atoms with E-state index in [0.29, 0.717) is 30.0 Å². The van der Waals surface area contributed by atoms with Crippen molar-refractivity contribution in [1.29, 1.82) is 0 Å². The van der Waals surface area contributed by atoms with Crippen LogP contribution in [0.15, 0.2) is 97.2 Å². The molecule has 8 heteroatoms. The molecule has 8 nitrogen and oxygen atoms in total. The van der Waals surface area contributed by atoms with Gasteiger partial charge in [0.1, 0.15) is 11.8 Å². The fourth-order valence-corrected chi connectivity index (χ4v) is 4.83. The molecule has 0 saturated heterocycles. The molecule has 1 fully saturated rings. The number of anilines is 1. The minimum Gasteiger partial charge on any atom is -0.481 e. The Balaban J connectivity index is 1.25. The third-order valence-electron chi connectivity index (χ3n) is 7.25. The van der Waals surface area contributed by atoms with Gasteiger partial charge in [0.2, 0.25) is 0 Å². The zero-order chi connectivity index (χ0) is 27.0. The molecule has 1 aliphatic rings. The Labute approximate surface area is 224 Å². The molecule has 0 aliphatic heterocycles. The second kappa shape index (κ2) is 9.72. The van der Waals surface area contributed by atoms with Crippen molar-refractivity contribution in [2.24, 2.45) is 0 Å². The van der Waals surface area contributed by atoms with E-state index < -0.39 is 23.6 Å². The molecule has 1 atom stereocenters. The monoisotopic (exact) mass is 518 g/mol. The molecule has 39 heavy (non-hydrogen) atoms. The van der Waals surface area contributed by atoms with E-state index in [4.69, 9.17) is 9.72 Å². The van der Waals surface area contributed by atoms with Crippen LogP contribution in [-0.4, -0.2) is 31.8 Å². The highest BCUT2D eigenvalue weighted by Crippen LogP contribution is 2.48. The maximum absolute atomic E-state index is 12.9. The van der Waals surface area contributed by atoms with Crippen molar-refractivity contribution >= 4 is 23.5 Å². The number of carbonyl (C=O) groups excluding carboxylic acids is 1. The number of carboxylic acids is 1. The van der Waals surface area contributed by atoms with Crippen LogP contribution in [0, 0.1) is 0 Å². The summed E-state index contributed by atoms with van der Waals surface area (Å²) in [5, 5.41) is 16.8. The van der Waals surface area contributed by atoms with E-state index in [1.54, 1.807) is 16.8 Å². The minimum absolute atomic E-state index is 0.413. The SMILES string of the molecule is C[C@@H](OC(=O)Nc1c(-c2ccc(-c3ccc(C4(C(=O)O)CC4)cc3)cc2)nc2cccnn12)c1ccccc1. The first-order valence-electron chi connectivity index (χ1n) is 12.8. The van der Waals surface area contributed by atoms with Gasteiger partial charge in [0.05, 0.1) is 5.41 Å². The number of nitrogens with one attached hydrogen (secondary N) is 1.